The Morgan fingerprint density at radius 3 is 2.08 bits per heavy atom. The van der Waals surface area contributed by atoms with Gasteiger partial charge < -0.3 is 4.99 Å². The quantitative estimate of drug-likeness (QED) is 0.428. The largest absolute Gasteiger partial charge is 2.00 e. The van der Waals surface area contributed by atoms with Crippen LogP contribution in [0.25, 0.3) is 0 Å². The van der Waals surface area contributed by atoms with Crippen LogP contribution in [0.15, 0.2) is 36.0 Å². The van der Waals surface area contributed by atoms with Crippen molar-refractivity contribution in [2.75, 3.05) is 0 Å². The van der Waals surface area contributed by atoms with E-state index in [0.29, 0.717) is 5.70 Å². The Morgan fingerprint density at radius 1 is 1.33 bits per heavy atom. The summed E-state index contributed by atoms with van der Waals surface area (Å²) in [5.41, 5.74) is 0.660. The third-order valence-corrected chi connectivity index (χ3v) is 0.676. The Hall–Kier alpha value is -0.422. The Morgan fingerprint density at radius 2 is 1.83 bits per heavy atom. The van der Waals surface area contributed by atoms with Crippen molar-refractivity contribution in [1.29, 1.82) is 0 Å². The number of hydrogen-bond acceptors (Lipinski definition) is 1. The molecular weight excluding hydrogens is 318 g/mol. The van der Waals surface area contributed by atoms with E-state index in [9.17, 15) is 0 Å². The van der Waals surface area contributed by atoms with E-state index in [-0.39, 0.29) is 21.1 Å². The third-order valence-electron chi connectivity index (χ3n) is 0.676. The van der Waals surface area contributed by atoms with Crippen molar-refractivity contribution in [2.45, 2.75) is 20.8 Å². The Bertz CT molecular complexity index is 157. The topological polar surface area (TPSA) is 12.4 Å². The Kier molecular flexibility index (Phi) is 24.8. The normalized spacial score (nSPS) is 9.42. The van der Waals surface area contributed by atoms with Crippen molar-refractivity contribution in [1.82, 2.24) is 0 Å². The van der Waals surface area contributed by atoms with Crippen LogP contribution in [0.5, 0.6) is 0 Å². The summed E-state index contributed by atoms with van der Waals surface area (Å²) in [4.78, 5) is 3.80. The van der Waals surface area contributed by atoms with E-state index < -0.39 is 0 Å². The molecule has 0 saturated carbocycles. The minimum Gasteiger partial charge on any atom is -0.482 e. The summed E-state index contributed by atoms with van der Waals surface area (Å²) in [7, 11) is 0. The van der Waals surface area contributed by atoms with E-state index in [1.807, 2.05) is 13.8 Å². The fourth-order valence-electron chi connectivity index (χ4n) is 0.362. The molecule has 0 bridgehead atoms. The van der Waals surface area contributed by atoms with E-state index in [4.69, 9.17) is 0 Å². The molecule has 0 N–H and O–H groups in total. The third kappa shape index (κ3) is 12.3. The molecule has 0 spiro atoms. The average molecular weight is 333 g/mol. The van der Waals surface area contributed by atoms with E-state index in [1.165, 1.54) is 6.08 Å². The number of rotatable bonds is 3. The molecule has 66 valence electrons. The maximum absolute atomic E-state index is 3.80. The van der Waals surface area contributed by atoms with Crippen LogP contribution < -0.4 is 0 Å². The minimum atomic E-state index is 0. The van der Waals surface area contributed by atoms with Gasteiger partial charge in [0, 0.05) is 0 Å². The molecule has 0 aliphatic carbocycles. The molecule has 2 heteroatoms. The first-order valence-corrected chi connectivity index (χ1v) is 3.59. The van der Waals surface area contributed by atoms with Gasteiger partial charge in [-0.2, -0.15) is 25.4 Å². The molecule has 0 aliphatic heterocycles. The summed E-state index contributed by atoms with van der Waals surface area (Å²) in [6.07, 6.45) is 8.51. The molecule has 0 aromatic rings. The second-order valence-electron chi connectivity index (χ2n) is 1.27. The summed E-state index contributed by atoms with van der Waals surface area (Å²) < 4.78 is 0. The van der Waals surface area contributed by atoms with Crippen LogP contribution in [0.1, 0.15) is 20.8 Å². The van der Waals surface area contributed by atoms with Crippen molar-refractivity contribution in [3.63, 3.8) is 0 Å². The van der Waals surface area contributed by atoms with E-state index >= 15 is 0 Å². The second kappa shape index (κ2) is 16.9. The van der Waals surface area contributed by atoms with Crippen LogP contribution in [-0.2, 0) is 21.1 Å². The molecule has 0 aliphatic rings. The molecule has 0 rings (SSSR count). The molecule has 0 saturated heterocycles. The number of allylic oxidation sites excluding steroid dienone is 3. The number of aliphatic imine (C=N–C) groups is 1. The molecule has 0 aromatic heterocycles. The van der Waals surface area contributed by atoms with Gasteiger partial charge in [-0.15, -0.1) is 6.92 Å². The van der Waals surface area contributed by atoms with Gasteiger partial charge in [0.25, 0.3) is 0 Å². The smallest absolute Gasteiger partial charge is 0.482 e. The standard InChI is InChI=1S/C8H9N.C2H6.W/c1-4-7-8(5-2)9-6-3;1-2;/h4-5H,1-2H2,3H3;1-2H3;/q-2;;+2. The van der Waals surface area contributed by atoms with Gasteiger partial charge in [0.2, 0.25) is 0 Å². The summed E-state index contributed by atoms with van der Waals surface area (Å²) >= 11 is 0. The first-order chi connectivity index (χ1) is 5.35. The molecule has 0 fully saturated rings. The predicted octanol–water partition coefficient (Wildman–Crippen LogP) is 3.04. The van der Waals surface area contributed by atoms with Crippen molar-refractivity contribution < 1.29 is 21.1 Å². The van der Waals surface area contributed by atoms with Crippen molar-refractivity contribution in [3.8, 4) is 0 Å². The zero-order valence-electron chi connectivity index (χ0n) is 7.92. The van der Waals surface area contributed by atoms with Crippen LogP contribution in [0, 0.1) is 6.08 Å². The fraction of sp³-hybridized carbons (Fsp3) is 0.300. The first kappa shape index (κ1) is 17.6. The van der Waals surface area contributed by atoms with Crippen LogP contribution in [0.4, 0.5) is 0 Å². The number of hydrogen-bond donors (Lipinski definition) is 0. The van der Waals surface area contributed by atoms with Crippen LogP contribution in [0.3, 0.4) is 0 Å². The molecule has 0 aromatic carbocycles. The zero-order chi connectivity index (χ0) is 9.11. The van der Waals surface area contributed by atoms with Gasteiger partial charge in [-0.25, -0.2) is 11.8 Å². The Balaban J connectivity index is -0.000000249. The molecule has 0 unspecified atom stereocenters. The molecule has 1 nitrogen and oxygen atoms in total. The van der Waals surface area contributed by atoms with Gasteiger partial charge in [-0.3, -0.25) is 6.08 Å². The maximum atomic E-state index is 3.80. The molecule has 0 atom stereocenters. The van der Waals surface area contributed by atoms with Crippen molar-refractivity contribution >= 4 is 6.21 Å². The summed E-state index contributed by atoms with van der Waals surface area (Å²) in [5.74, 6) is 0. The minimum absolute atomic E-state index is 0. The molecular formula is C10H15NW. The van der Waals surface area contributed by atoms with Gasteiger partial charge in [-0.1, -0.05) is 13.8 Å². The Labute approximate surface area is 90.2 Å². The summed E-state index contributed by atoms with van der Waals surface area (Å²) in [5, 5.41) is 0. The summed E-state index contributed by atoms with van der Waals surface area (Å²) in [6, 6.07) is 0. The van der Waals surface area contributed by atoms with Crippen molar-refractivity contribution in [2.24, 2.45) is 4.99 Å². The first-order valence-electron chi connectivity index (χ1n) is 3.59. The van der Waals surface area contributed by atoms with Gasteiger partial charge in [0.05, 0.1) is 0 Å². The summed E-state index contributed by atoms with van der Waals surface area (Å²) in [6.45, 7) is 12.7. The second-order valence-corrected chi connectivity index (χ2v) is 1.27. The fourth-order valence-corrected chi connectivity index (χ4v) is 0.362. The average Bonchev–Trinajstić information content (AvgIpc) is 2.08. The predicted molar refractivity (Wildman–Crippen MR) is 51.6 cm³/mol. The van der Waals surface area contributed by atoms with E-state index in [2.05, 4.69) is 30.4 Å². The van der Waals surface area contributed by atoms with Gasteiger partial charge in [0.15, 0.2) is 0 Å². The van der Waals surface area contributed by atoms with Gasteiger partial charge in [0.1, 0.15) is 0 Å². The van der Waals surface area contributed by atoms with Crippen LogP contribution in [-0.4, -0.2) is 6.21 Å². The molecule has 0 radical (unpaired) electrons. The van der Waals surface area contributed by atoms with E-state index in [0.717, 1.165) is 0 Å². The molecule has 12 heavy (non-hydrogen) atoms. The van der Waals surface area contributed by atoms with E-state index in [1.54, 1.807) is 13.0 Å². The van der Waals surface area contributed by atoms with Crippen molar-refractivity contribution in [3.05, 3.63) is 37.1 Å². The number of nitrogens with zero attached hydrogens (tertiary/aromatic N) is 1. The monoisotopic (exact) mass is 333 g/mol. The molecule has 0 heterocycles. The van der Waals surface area contributed by atoms with Crippen LogP contribution in [0.2, 0.25) is 0 Å². The molecule has 0 amide bonds. The van der Waals surface area contributed by atoms with Gasteiger partial charge >= 0.3 is 21.1 Å². The van der Waals surface area contributed by atoms with Crippen LogP contribution >= 0.6 is 0 Å². The SMILES string of the molecule is C=C[C-]=C(C=C)N=[C-]C.CC.[W+2]. The van der Waals surface area contributed by atoms with Gasteiger partial charge in [-0.05, 0) is 0 Å². The zero-order valence-corrected chi connectivity index (χ0v) is 10.9. The maximum Gasteiger partial charge on any atom is 2.00 e.